The molecule has 25 heavy (non-hydrogen) atoms. The Labute approximate surface area is 141 Å². The molecule has 2 aromatic carbocycles. The van der Waals surface area contributed by atoms with E-state index >= 15 is 0 Å². The quantitative estimate of drug-likeness (QED) is 0.628. The van der Waals surface area contributed by atoms with Gasteiger partial charge < -0.3 is 4.57 Å². The third-order valence-electron chi connectivity index (χ3n) is 3.81. The first kappa shape index (κ1) is 17.0. The molecule has 1 heterocycles. The molecule has 0 saturated heterocycles. The number of halogens is 4. The second-order valence-corrected chi connectivity index (χ2v) is 5.51. The van der Waals surface area contributed by atoms with Crippen molar-refractivity contribution in [3.8, 4) is 11.3 Å². The number of aromatic nitrogens is 1. The Morgan fingerprint density at radius 1 is 0.880 bits per heavy atom. The summed E-state index contributed by atoms with van der Waals surface area (Å²) >= 11 is 0. The molecule has 0 aliphatic heterocycles. The smallest absolute Gasteiger partial charge is 0.304 e. The van der Waals surface area contributed by atoms with Crippen LogP contribution in [0.5, 0.6) is 0 Å². The monoisotopic (exact) mass is 347 g/mol. The van der Waals surface area contributed by atoms with Crippen LogP contribution in [0.3, 0.4) is 0 Å². The fraction of sp³-hybridized carbons (Fsp3) is 0.105. The van der Waals surface area contributed by atoms with Gasteiger partial charge in [0.1, 0.15) is 5.82 Å². The van der Waals surface area contributed by atoms with Gasteiger partial charge in [0.2, 0.25) is 0 Å². The van der Waals surface area contributed by atoms with E-state index in [2.05, 4.69) is 0 Å². The van der Waals surface area contributed by atoms with E-state index in [9.17, 15) is 22.4 Å². The van der Waals surface area contributed by atoms with Crippen LogP contribution in [0.25, 0.3) is 11.3 Å². The third-order valence-corrected chi connectivity index (χ3v) is 3.81. The number of hydrogen-bond donors (Lipinski definition) is 0. The minimum Gasteiger partial charge on any atom is -0.304 e. The first-order valence-corrected chi connectivity index (χ1v) is 7.47. The van der Waals surface area contributed by atoms with Crippen molar-refractivity contribution >= 4 is 0 Å². The normalized spacial score (nSPS) is 11.5. The van der Waals surface area contributed by atoms with Crippen molar-refractivity contribution in [3.63, 3.8) is 0 Å². The van der Waals surface area contributed by atoms with E-state index in [1.54, 1.807) is 36.4 Å². The van der Waals surface area contributed by atoms with E-state index in [1.165, 1.54) is 18.2 Å². The van der Waals surface area contributed by atoms with Gasteiger partial charge in [0.05, 0.1) is 17.8 Å². The van der Waals surface area contributed by atoms with Crippen LogP contribution in [-0.4, -0.2) is 4.57 Å². The summed E-state index contributed by atoms with van der Waals surface area (Å²) in [5.41, 5.74) is -1.11. The van der Waals surface area contributed by atoms with E-state index in [1.807, 2.05) is 0 Å². The lowest BCUT2D eigenvalue weighted by molar-refractivity contribution is -0.137. The molecular weight excluding hydrogens is 334 g/mol. The van der Waals surface area contributed by atoms with Crippen molar-refractivity contribution in [2.45, 2.75) is 12.7 Å². The summed E-state index contributed by atoms with van der Waals surface area (Å²) in [5.74, 6) is -0.520. The third kappa shape index (κ3) is 3.63. The number of rotatable bonds is 3. The lowest BCUT2D eigenvalue weighted by Crippen LogP contribution is -2.25. The highest BCUT2D eigenvalue weighted by atomic mass is 19.4. The molecule has 6 heteroatoms. The minimum absolute atomic E-state index is 0.0867. The van der Waals surface area contributed by atoms with Crippen molar-refractivity contribution < 1.29 is 17.6 Å². The van der Waals surface area contributed by atoms with Crippen LogP contribution >= 0.6 is 0 Å². The van der Waals surface area contributed by atoms with Gasteiger partial charge in [-0.2, -0.15) is 13.2 Å². The summed E-state index contributed by atoms with van der Waals surface area (Å²) in [7, 11) is 0. The Morgan fingerprint density at radius 2 is 1.52 bits per heavy atom. The molecule has 0 unspecified atom stereocenters. The Bertz CT molecular complexity index is 946. The minimum atomic E-state index is -4.64. The summed E-state index contributed by atoms with van der Waals surface area (Å²) in [5, 5.41) is 0. The van der Waals surface area contributed by atoms with E-state index in [-0.39, 0.29) is 17.8 Å². The van der Waals surface area contributed by atoms with Gasteiger partial charge in [-0.15, -0.1) is 0 Å². The van der Waals surface area contributed by atoms with Gasteiger partial charge in [-0.25, -0.2) is 4.39 Å². The predicted octanol–water partition coefficient (Wildman–Crippen LogP) is 4.72. The lowest BCUT2D eigenvalue weighted by Gasteiger charge is -2.16. The molecule has 0 atom stereocenters. The van der Waals surface area contributed by atoms with Crippen molar-refractivity contribution in [3.05, 3.63) is 94.0 Å². The Hall–Kier alpha value is -2.89. The van der Waals surface area contributed by atoms with E-state index in [4.69, 9.17) is 0 Å². The Kier molecular flexibility index (Phi) is 4.44. The Morgan fingerprint density at radius 3 is 2.16 bits per heavy atom. The van der Waals surface area contributed by atoms with Gasteiger partial charge >= 0.3 is 6.18 Å². The van der Waals surface area contributed by atoms with Gasteiger partial charge in [0, 0.05) is 11.6 Å². The van der Waals surface area contributed by atoms with Crippen molar-refractivity contribution in [1.29, 1.82) is 0 Å². The molecule has 0 spiro atoms. The largest absolute Gasteiger partial charge is 0.416 e. The predicted molar refractivity (Wildman–Crippen MR) is 86.6 cm³/mol. The van der Waals surface area contributed by atoms with Gasteiger partial charge in [-0.05, 0) is 17.7 Å². The SMILES string of the molecule is O=c1cc(C(F)(F)F)cc(-c2ccccc2)n1Cc1ccccc1F. The fourth-order valence-corrected chi connectivity index (χ4v) is 2.57. The second kappa shape index (κ2) is 6.55. The molecule has 2 nitrogen and oxygen atoms in total. The molecule has 0 N–H and O–H groups in total. The lowest BCUT2D eigenvalue weighted by atomic mass is 10.1. The van der Waals surface area contributed by atoms with Crippen LogP contribution in [0.15, 0.2) is 71.5 Å². The molecule has 0 amide bonds. The fourth-order valence-electron chi connectivity index (χ4n) is 2.57. The van der Waals surface area contributed by atoms with E-state index in [0.717, 1.165) is 10.6 Å². The van der Waals surface area contributed by atoms with Gasteiger partial charge in [-0.1, -0.05) is 48.5 Å². The molecule has 0 saturated carbocycles. The van der Waals surface area contributed by atoms with Crippen molar-refractivity contribution in [2.24, 2.45) is 0 Å². The zero-order valence-corrected chi connectivity index (χ0v) is 12.9. The zero-order valence-electron chi connectivity index (χ0n) is 12.9. The summed E-state index contributed by atoms with van der Waals surface area (Å²) in [6, 6.07) is 15.5. The molecule has 1 aromatic heterocycles. The number of alkyl halides is 3. The molecule has 0 aliphatic rings. The van der Waals surface area contributed by atoms with Crippen molar-refractivity contribution in [1.82, 2.24) is 4.57 Å². The van der Waals surface area contributed by atoms with Crippen LogP contribution < -0.4 is 5.56 Å². The zero-order chi connectivity index (χ0) is 18.0. The highest BCUT2D eigenvalue weighted by molar-refractivity contribution is 5.60. The van der Waals surface area contributed by atoms with Gasteiger partial charge in [-0.3, -0.25) is 4.79 Å². The molecule has 128 valence electrons. The maximum atomic E-state index is 13.9. The van der Waals surface area contributed by atoms with Crippen LogP contribution in [0.1, 0.15) is 11.1 Å². The molecule has 3 aromatic rings. The average Bonchev–Trinajstić information content (AvgIpc) is 2.58. The van der Waals surface area contributed by atoms with Gasteiger partial charge in [0.25, 0.3) is 5.56 Å². The summed E-state index contributed by atoms with van der Waals surface area (Å²) < 4.78 is 54.3. The second-order valence-electron chi connectivity index (χ2n) is 5.51. The maximum absolute atomic E-state index is 13.9. The number of nitrogens with zero attached hydrogens (tertiary/aromatic N) is 1. The summed E-state index contributed by atoms with van der Waals surface area (Å²) in [4.78, 5) is 12.3. The van der Waals surface area contributed by atoms with Crippen LogP contribution in [0.2, 0.25) is 0 Å². The highest BCUT2D eigenvalue weighted by Gasteiger charge is 2.32. The first-order valence-electron chi connectivity index (χ1n) is 7.47. The van der Waals surface area contributed by atoms with E-state index in [0.29, 0.717) is 11.6 Å². The number of hydrogen-bond acceptors (Lipinski definition) is 1. The van der Waals surface area contributed by atoms with Gasteiger partial charge in [0.15, 0.2) is 0 Å². The molecular formula is C19H13F4NO. The van der Waals surface area contributed by atoms with Crippen LogP contribution in [0.4, 0.5) is 17.6 Å². The molecule has 3 rings (SSSR count). The molecule has 0 radical (unpaired) electrons. The van der Waals surface area contributed by atoms with Crippen molar-refractivity contribution in [2.75, 3.05) is 0 Å². The first-order chi connectivity index (χ1) is 11.9. The topological polar surface area (TPSA) is 22.0 Å². The molecule has 0 aliphatic carbocycles. The van der Waals surface area contributed by atoms with Crippen LogP contribution in [0, 0.1) is 5.82 Å². The highest BCUT2D eigenvalue weighted by Crippen LogP contribution is 2.31. The van der Waals surface area contributed by atoms with E-state index < -0.39 is 23.1 Å². The number of benzene rings is 2. The summed E-state index contributed by atoms with van der Waals surface area (Å²) in [6.07, 6.45) is -4.64. The number of pyridine rings is 1. The Balaban J connectivity index is 2.20. The summed E-state index contributed by atoms with van der Waals surface area (Å²) in [6.45, 7) is -0.159. The maximum Gasteiger partial charge on any atom is 0.416 e. The standard InChI is InChI=1S/C19H13F4NO/c20-16-9-5-4-8-14(16)12-24-17(13-6-2-1-3-7-13)10-15(11-18(24)25)19(21,22)23/h1-11H,12H2. The molecule has 0 fully saturated rings. The van der Waals surface area contributed by atoms with Crippen LogP contribution in [-0.2, 0) is 12.7 Å². The molecule has 0 bridgehead atoms. The average molecular weight is 347 g/mol.